The number of carbonyl (C=O) groups is 1. The molecule has 1 fully saturated rings. The third kappa shape index (κ3) is 1.73. The highest BCUT2D eigenvalue weighted by Gasteiger charge is 2.46. The van der Waals surface area contributed by atoms with Gasteiger partial charge >= 0.3 is 6.09 Å². The van der Waals surface area contributed by atoms with Crippen LogP contribution in [0.5, 0.6) is 0 Å². The summed E-state index contributed by atoms with van der Waals surface area (Å²) >= 11 is 0. The summed E-state index contributed by atoms with van der Waals surface area (Å²) in [6.07, 6.45) is -0.683. The Hall–Kier alpha value is -1.07. The fraction of sp³-hybridized carbons (Fsp3) is 0.667. The fourth-order valence-electron chi connectivity index (χ4n) is 1.61. The van der Waals surface area contributed by atoms with Crippen LogP contribution in [0.15, 0.2) is 12.7 Å². The summed E-state index contributed by atoms with van der Waals surface area (Å²) in [6, 6.07) is -0.569. The first-order chi connectivity index (χ1) is 6.40. The Kier molecular flexibility index (Phi) is 2.82. The van der Waals surface area contributed by atoms with Gasteiger partial charge in [0.2, 0.25) is 0 Å². The second-order valence-corrected chi connectivity index (χ2v) is 3.70. The van der Waals surface area contributed by atoms with Crippen molar-refractivity contribution in [3.05, 3.63) is 12.7 Å². The van der Waals surface area contributed by atoms with Crippen molar-refractivity contribution in [2.75, 3.05) is 6.61 Å². The number of amides is 1. The van der Waals surface area contributed by atoms with Crippen LogP contribution in [-0.4, -0.2) is 45.7 Å². The maximum absolute atomic E-state index is 10.9. The van der Waals surface area contributed by atoms with E-state index >= 15 is 0 Å². The molecule has 0 aliphatic carbocycles. The van der Waals surface area contributed by atoms with Crippen molar-refractivity contribution in [3.63, 3.8) is 0 Å². The first-order valence-corrected chi connectivity index (χ1v) is 4.37. The monoisotopic (exact) mass is 201 g/mol. The van der Waals surface area contributed by atoms with Crippen LogP contribution in [0.3, 0.4) is 0 Å². The average Bonchev–Trinajstić information content (AvgIpc) is 2.39. The van der Waals surface area contributed by atoms with Crippen LogP contribution >= 0.6 is 0 Å². The molecule has 0 saturated carbocycles. The molecular weight excluding hydrogens is 186 g/mol. The Morgan fingerprint density at radius 2 is 2.36 bits per heavy atom. The Bertz CT molecular complexity index is 251. The van der Waals surface area contributed by atoms with Crippen LogP contribution in [0, 0.1) is 0 Å². The molecule has 2 atom stereocenters. The zero-order valence-electron chi connectivity index (χ0n) is 8.30. The molecule has 0 aromatic heterocycles. The lowest BCUT2D eigenvalue weighted by Crippen LogP contribution is -2.50. The summed E-state index contributed by atoms with van der Waals surface area (Å²) in [7, 11) is 0. The molecular formula is C9H15NO4. The van der Waals surface area contributed by atoms with Crippen molar-refractivity contribution in [2.45, 2.75) is 31.7 Å². The number of hydrogen-bond acceptors (Lipinski definition) is 3. The van der Waals surface area contributed by atoms with E-state index in [1.807, 2.05) is 0 Å². The molecule has 14 heavy (non-hydrogen) atoms. The number of aliphatic hydroxyl groups is 1. The first-order valence-electron chi connectivity index (χ1n) is 4.37. The molecule has 0 aromatic rings. The maximum atomic E-state index is 10.9. The van der Waals surface area contributed by atoms with Crippen molar-refractivity contribution in [3.8, 4) is 0 Å². The van der Waals surface area contributed by atoms with E-state index in [9.17, 15) is 9.90 Å². The maximum Gasteiger partial charge on any atom is 0.410 e. The van der Waals surface area contributed by atoms with Crippen LogP contribution < -0.4 is 0 Å². The lowest BCUT2D eigenvalue weighted by atomic mass is 10.1. The molecule has 0 aromatic carbocycles. The molecule has 1 aliphatic rings. The zero-order valence-corrected chi connectivity index (χ0v) is 8.30. The molecule has 1 amide bonds. The van der Waals surface area contributed by atoms with Crippen molar-refractivity contribution in [2.24, 2.45) is 0 Å². The number of carboxylic acid groups (broad SMARTS) is 1. The molecule has 1 saturated heterocycles. The van der Waals surface area contributed by atoms with Crippen molar-refractivity contribution < 1.29 is 19.7 Å². The van der Waals surface area contributed by atoms with Gasteiger partial charge in [0.05, 0.1) is 18.8 Å². The minimum Gasteiger partial charge on any atom is -0.465 e. The quantitative estimate of drug-likeness (QED) is 0.643. The van der Waals surface area contributed by atoms with Crippen molar-refractivity contribution in [1.82, 2.24) is 4.90 Å². The molecule has 2 N–H and O–H groups in total. The van der Waals surface area contributed by atoms with Gasteiger partial charge < -0.3 is 14.9 Å². The summed E-state index contributed by atoms with van der Waals surface area (Å²) in [4.78, 5) is 12.1. The first kappa shape index (κ1) is 11.0. The Morgan fingerprint density at radius 3 is 2.79 bits per heavy atom. The Balaban J connectivity index is 2.89. The minimum atomic E-state index is -1.10. The summed E-state index contributed by atoms with van der Waals surface area (Å²) in [5, 5.41) is 18.5. The second-order valence-electron chi connectivity index (χ2n) is 3.70. The van der Waals surface area contributed by atoms with Crippen molar-refractivity contribution in [1.29, 1.82) is 0 Å². The van der Waals surface area contributed by atoms with Gasteiger partial charge in [0, 0.05) is 0 Å². The SMILES string of the molecule is C=C[C@@H](O)[C@@H]1COC(C)(C)N1C(=O)O. The number of nitrogens with zero attached hydrogens (tertiary/aromatic N) is 1. The van der Waals surface area contributed by atoms with Crippen LogP contribution in [0.4, 0.5) is 4.79 Å². The predicted molar refractivity (Wildman–Crippen MR) is 49.9 cm³/mol. The Labute approximate surface area is 82.6 Å². The highest BCUT2D eigenvalue weighted by atomic mass is 16.5. The third-order valence-corrected chi connectivity index (χ3v) is 2.36. The average molecular weight is 201 g/mol. The van der Waals surface area contributed by atoms with Crippen molar-refractivity contribution >= 4 is 6.09 Å². The summed E-state index contributed by atoms with van der Waals surface area (Å²) in [5.74, 6) is 0. The van der Waals surface area contributed by atoms with Gasteiger partial charge in [-0.1, -0.05) is 6.08 Å². The fourth-order valence-corrected chi connectivity index (χ4v) is 1.61. The van der Waals surface area contributed by atoms with E-state index in [1.54, 1.807) is 13.8 Å². The van der Waals surface area contributed by atoms with E-state index in [-0.39, 0.29) is 6.61 Å². The highest BCUT2D eigenvalue weighted by Crippen LogP contribution is 2.29. The molecule has 0 radical (unpaired) electrons. The van der Waals surface area contributed by atoms with Crippen LogP contribution in [0.1, 0.15) is 13.8 Å². The number of rotatable bonds is 2. The van der Waals surface area contributed by atoms with E-state index in [1.165, 1.54) is 6.08 Å². The smallest absolute Gasteiger partial charge is 0.410 e. The summed E-state index contributed by atoms with van der Waals surface area (Å²) in [6.45, 7) is 6.91. The van der Waals surface area contributed by atoms with Gasteiger partial charge in [-0.05, 0) is 13.8 Å². The molecule has 80 valence electrons. The highest BCUT2D eigenvalue weighted by molar-refractivity contribution is 5.66. The second kappa shape index (κ2) is 3.59. The molecule has 5 nitrogen and oxygen atoms in total. The van der Waals surface area contributed by atoms with Gasteiger partial charge in [0.25, 0.3) is 0 Å². The lowest BCUT2D eigenvalue weighted by Gasteiger charge is -2.32. The largest absolute Gasteiger partial charge is 0.465 e. The van der Waals surface area contributed by atoms with Gasteiger partial charge in [-0.3, -0.25) is 4.90 Å². The van der Waals surface area contributed by atoms with E-state index in [4.69, 9.17) is 9.84 Å². The molecule has 0 bridgehead atoms. The molecule has 1 rings (SSSR count). The van der Waals surface area contributed by atoms with E-state index < -0.39 is 24.0 Å². The van der Waals surface area contributed by atoms with Gasteiger partial charge in [-0.2, -0.15) is 0 Å². The molecule has 5 heteroatoms. The topological polar surface area (TPSA) is 70.0 Å². The molecule has 1 aliphatic heterocycles. The van der Waals surface area contributed by atoms with Crippen LogP contribution in [0.25, 0.3) is 0 Å². The summed E-state index contributed by atoms with van der Waals surface area (Å²) in [5.41, 5.74) is -0.888. The van der Waals surface area contributed by atoms with E-state index in [0.29, 0.717) is 0 Å². The van der Waals surface area contributed by atoms with Gasteiger partial charge in [0.15, 0.2) is 0 Å². The molecule has 1 heterocycles. The van der Waals surface area contributed by atoms with Gasteiger partial charge in [0.1, 0.15) is 5.72 Å². The predicted octanol–water partition coefficient (Wildman–Crippen LogP) is 0.648. The van der Waals surface area contributed by atoms with Gasteiger partial charge in [-0.15, -0.1) is 6.58 Å². The summed E-state index contributed by atoms with van der Waals surface area (Å²) < 4.78 is 5.29. The van der Waals surface area contributed by atoms with E-state index in [2.05, 4.69) is 6.58 Å². The lowest BCUT2D eigenvalue weighted by molar-refractivity contribution is -0.0449. The van der Waals surface area contributed by atoms with Crippen LogP contribution in [0.2, 0.25) is 0 Å². The van der Waals surface area contributed by atoms with Crippen LogP contribution in [-0.2, 0) is 4.74 Å². The molecule has 0 spiro atoms. The third-order valence-electron chi connectivity index (χ3n) is 2.36. The zero-order chi connectivity index (χ0) is 10.9. The number of hydrogen-bond donors (Lipinski definition) is 2. The standard InChI is InChI=1S/C9H15NO4/c1-4-7(11)6-5-14-9(2,3)10(6)8(12)13/h4,6-7,11H,1,5H2,2-3H3,(H,12,13)/t6-,7+/m0/s1. The Morgan fingerprint density at radius 1 is 1.79 bits per heavy atom. The normalized spacial score (nSPS) is 27.4. The van der Waals surface area contributed by atoms with Gasteiger partial charge in [-0.25, -0.2) is 4.79 Å². The number of aliphatic hydroxyl groups excluding tert-OH is 1. The minimum absolute atomic E-state index is 0.187. The van der Waals surface area contributed by atoms with E-state index in [0.717, 1.165) is 4.90 Å². The number of ether oxygens (including phenoxy) is 1. The molecule has 0 unspecified atom stereocenters.